The minimum absolute atomic E-state index is 0.0261. The Kier molecular flexibility index (Phi) is 7.63. The van der Waals surface area contributed by atoms with Crippen molar-refractivity contribution < 1.29 is 14.5 Å². The van der Waals surface area contributed by atoms with Crippen molar-refractivity contribution in [2.45, 2.75) is 0 Å². The van der Waals surface area contributed by atoms with E-state index in [-0.39, 0.29) is 16.7 Å². The van der Waals surface area contributed by atoms with Gasteiger partial charge in [0.05, 0.1) is 16.2 Å². The molecule has 0 unspecified atom stereocenters. The molecule has 1 heterocycles. The predicted molar refractivity (Wildman–Crippen MR) is 126 cm³/mol. The van der Waals surface area contributed by atoms with Crippen molar-refractivity contribution in [1.82, 2.24) is 15.1 Å². The van der Waals surface area contributed by atoms with Crippen LogP contribution in [0.3, 0.4) is 0 Å². The fourth-order valence-corrected chi connectivity index (χ4v) is 3.36. The molecule has 0 bridgehead atoms. The van der Waals surface area contributed by atoms with Gasteiger partial charge in [-0.1, -0.05) is 12.1 Å². The second-order valence-electron chi connectivity index (χ2n) is 7.27. The number of likely N-dealkylation sites (N-methyl/N-ethyl adjacent to an activating group) is 1. The third-order valence-corrected chi connectivity index (χ3v) is 5.17. The van der Waals surface area contributed by atoms with Crippen molar-refractivity contribution in [3.8, 4) is 0 Å². The molecule has 2 N–H and O–H groups in total. The second-order valence-corrected chi connectivity index (χ2v) is 7.67. The fourth-order valence-electron chi connectivity index (χ4n) is 3.14. The van der Waals surface area contributed by atoms with Crippen molar-refractivity contribution in [2.24, 2.45) is 0 Å². The molecule has 3 rings (SSSR count). The Hall–Kier alpha value is -3.63. The third kappa shape index (κ3) is 6.19. The van der Waals surface area contributed by atoms with E-state index >= 15 is 0 Å². The molecule has 32 heavy (non-hydrogen) atoms. The van der Waals surface area contributed by atoms with E-state index < -0.39 is 10.8 Å². The Labute approximate surface area is 190 Å². The first-order chi connectivity index (χ1) is 15.3. The van der Waals surface area contributed by atoms with Crippen molar-refractivity contribution >= 4 is 46.6 Å². The minimum atomic E-state index is -0.489. The fraction of sp³-hybridized carbons (Fsp3) is 0.227. The maximum Gasteiger partial charge on any atom is 0.269 e. The van der Waals surface area contributed by atoms with Gasteiger partial charge in [-0.05, 0) is 55.2 Å². The molecular weight excluding hydrogens is 430 g/mol. The van der Waals surface area contributed by atoms with Crippen LogP contribution in [0.5, 0.6) is 0 Å². The van der Waals surface area contributed by atoms with Crippen LogP contribution in [-0.4, -0.2) is 64.9 Å². The molecule has 9 nitrogen and oxygen atoms in total. The zero-order valence-corrected chi connectivity index (χ0v) is 18.3. The van der Waals surface area contributed by atoms with E-state index in [1.54, 1.807) is 41.3 Å². The van der Waals surface area contributed by atoms with Crippen LogP contribution in [-0.2, 0) is 4.79 Å². The highest BCUT2D eigenvalue weighted by molar-refractivity contribution is 7.80. The molecular formula is C22H23N5O4S. The van der Waals surface area contributed by atoms with Gasteiger partial charge >= 0.3 is 0 Å². The van der Waals surface area contributed by atoms with Crippen LogP contribution in [0, 0.1) is 10.1 Å². The number of hydrogen-bond donors (Lipinski definition) is 2. The number of nitrogens with one attached hydrogen (secondary N) is 2. The molecule has 0 aliphatic carbocycles. The lowest BCUT2D eigenvalue weighted by Gasteiger charge is -2.32. The second kappa shape index (κ2) is 10.6. The molecule has 0 saturated carbocycles. The first-order valence-electron chi connectivity index (χ1n) is 9.95. The molecule has 10 heteroatoms. The number of thiocarbonyl (C=S) groups is 1. The number of para-hydroxylation sites is 1. The summed E-state index contributed by atoms with van der Waals surface area (Å²) >= 11 is 5.22. The summed E-state index contributed by atoms with van der Waals surface area (Å²) in [6.07, 6.45) is 2.79. The minimum Gasteiger partial charge on any atom is -0.336 e. The summed E-state index contributed by atoms with van der Waals surface area (Å²) in [5, 5.41) is 16.2. The van der Waals surface area contributed by atoms with Gasteiger partial charge < -0.3 is 15.1 Å². The van der Waals surface area contributed by atoms with E-state index in [4.69, 9.17) is 12.2 Å². The Morgan fingerprint density at radius 2 is 1.72 bits per heavy atom. The van der Waals surface area contributed by atoms with Gasteiger partial charge in [0.15, 0.2) is 5.11 Å². The zero-order valence-electron chi connectivity index (χ0n) is 17.5. The standard InChI is InChI=1S/C22H23N5O4S/c1-25-12-14-26(15-13-25)21(29)18-4-2-3-5-19(18)23-22(32)24-20(28)11-8-16-6-9-17(10-7-16)27(30)31/h2-11H,12-15H2,1H3,(H2,23,24,28,32)/b11-8+. The molecule has 0 atom stereocenters. The quantitative estimate of drug-likeness (QED) is 0.310. The van der Waals surface area contributed by atoms with E-state index in [0.29, 0.717) is 29.9 Å². The molecule has 2 aromatic rings. The number of amides is 2. The number of hydrogen-bond acceptors (Lipinski definition) is 6. The lowest BCUT2D eigenvalue weighted by molar-refractivity contribution is -0.384. The highest BCUT2D eigenvalue weighted by atomic mass is 32.1. The predicted octanol–water partition coefficient (Wildman–Crippen LogP) is 2.51. The van der Waals surface area contributed by atoms with Gasteiger partial charge in [0.25, 0.3) is 11.6 Å². The topological polar surface area (TPSA) is 108 Å². The normalized spacial score (nSPS) is 14.2. The molecule has 1 aliphatic heterocycles. The van der Waals surface area contributed by atoms with E-state index in [0.717, 1.165) is 13.1 Å². The van der Waals surface area contributed by atoms with Crippen LogP contribution in [0.4, 0.5) is 11.4 Å². The van der Waals surface area contributed by atoms with Gasteiger partial charge in [-0.3, -0.25) is 25.0 Å². The number of anilines is 1. The summed E-state index contributed by atoms with van der Waals surface area (Å²) < 4.78 is 0. The summed E-state index contributed by atoms with van der Waals surface area (Å²) in [4.78, 5) is 39.3. The number of carbonyl (C=O) groups excluding carboxylic acids is 2. The Balaban J connectivity index is 1.59. The smallest absolute Gasteiger partial charge is 0.269 e. The molecule has 0 radical (unpaired) electrons. The highest BCUT2D eigenvalue weighted by Crippen LogP contribution is 2.18. The molecule has 0 aromatic heterocycles. The number of carbonyl (C=O) groups is 2. The average molecular weight is 454 g/mol. The Morgan fingerprint density at radius 1 is 1.06 bits per heavy atom. The number of nitro benzene ring substituents is 1. The molecule has 166 valence electrons. The van der Waals surface area contributed by atoms with Crippen LogP contribution >= 0.6 is 12.2 Å². The number of non-ortho nitro benzene ring substituents is 1. The van der Waals surface area contributed by atoms with Crippen molar-refractivity contribution in [3.63, 3.8) is 0 Å². The van der Waals surface area contributed by atoms with Crippen LogP contribution in [0.2, 0.25) is 0 Å². The van der Waals surface area contributed by atoms with Gasteiger partial charge in [0.1, 0.15) is 0 Å². The SMILES string of the molecule is CN1CCN(C(=O)c2ccccc2NC(=S)NC(=O)/C=C/c2ccc([N+](=O)[O-])cc2)CC1. The number of benzene rings is 2. The van der Waals surface area contributed by atoms with Crippen molar-refractivity contribution in [3.05, 3.63) is 75.8 Å². The van der Waals surface area contributed by atoms with Crippen molar-refractivity contribution in [2.75, 3.05) is 38.5 Å². The first-order valence-corrected chi connectivity index (χ1v) is 10.4. The Bertz CT molecular complexity index is 1050. The van der Waals surface area contributed by atoms with Gasteiger partial charge in [-0.25, -0.2) is 0 Å². The lowest BCUT2D eigenvalue weighted by Crippen LogP contribution is -2.47. The third-order valence-electron chi connectivity index (χ3n) is 4.96. The summed E-state index contributed by atoms with van der Waals surface area (Å²) in [5.74, 6) is -0.558. The lowest BCUT2D eigenvalue weighted by atomic mass is 10.1. The molecule has 2 aromatic carbocycles. The molecule has 1 fully saturated rings. The molecule has 2 amide bonds. The van der Waals surface area contributed by atoms with Crippen LogP contribution in [0.25, 0.3) is 6.08 Å². The average Bonchev–Trinajstić information content (AvgIpc) is 2.78. The maximum atomic E-state index is 12.9. The molecule has 1 aliphatic rings. The highest BCUT2D eigenvalue weighted by Gasteiger charge is 2.22. The monoisotopic (exact) mass is 453 g/mol. The van der Waals surface area contributed by atoms with Gasteiger partial charge in [0.2, 0.25) is 5.91 Å². The van der Waals surface area contributed by atoms with E-state index in [9.17, 15) is 19.7 Å². The van der Waals surface area contributed by atoms with Crippen LogP contribution in [0.1, 0.15) is 15.9 Å². The first kappa shape index (κ1) is 23.0. The number of piperazine rings is 1. The van der Waals surface area contributed by atoms with Gasteiger partial charge in [0, 0.05) is 44.4 Å². The molecule has 0 spiro atoms. The Morgan fingerprint density at radius 3 is 2.38 bits per heavy atom. The van der Waals surface area contributed by atoms with E-state index in [1.807, 2.05) is 7.05 Å². The van der Waals surface area contributed by atoms with Gasteiger partial charge in [-0.15, -0.1) is 0 Å². The zero-order chi connectivity index (χ0) is 23.1. The van der Waals surface area contributed by atoms with Gasteiger partial charge in [-0.2, -0.15) is 0 Å². The van der Waals surface area contributed by atoms with E-state index in [1.165, 1.54) is 24.3 Å². The summed E-state index contributed by atoms with van der Waals surface area (Å²) in [7, 11) is 2.02. The maximum absolute atomic E-state index is 12.9. The molecule has 1 saturated heterocycles. The summed E-state index contributed by atoms with van der Waals surface area (Å²) in [6.45, 7) is 2.93. The van der Waals surface area contributed by atoms with E-state index in [2.05, 4.69) is 15.5 Å². The van der Waals surface area contributed by atoms with Crippen LogP contribution in [0.15, 0.2) is 54.6 Å². The van der Waals surface area contributed by atoms with Crippen LogP contribution < -0.4 is 10.6 Å². The largest absolute Gasteiger partial charge is 0.336 e. The summed E-state index contributed by atoms with van der Waals surface area (Å²) in [5.41, 5.74) is 1.60. The number of nitrogens with zero attached hydrogens (tertiary/aromatic N) is 3. The number of rotatable bonds is 5. The van der Waals surface area contributed by atoms with Crippen molar-refractivity contribution in [1.29, 1.82) is 0 Å². The number of nitro groups is 1. The summed E-state index contributed by atoms with van der Waals surface area (Å²) in [6, 6.07) is 12.8.